The fourth-order valence-electron chi connectivity index (χ4n) is 4.80. The number of likely N-dealkylation sites (tertiary alicyclic amines) is 1. The average Bonchev–Trinajstić information content (AvgIpc) is 3.20. The lowest BCUT2D eigenvalue weighted by Gasteiger charge is -2.31. The Hall–Kier alpha value is -2.45. The van der Waals surface area contributed by atoms with E-state index < -0.39 is 41.1 Å². The van der Waals surface area contributed by atoms with E-state index in [0.717, 1.165) is 0 Å². The van der Waals surface area contributed by atoms with Gasteiger partial charge in [-0.15, -0.1) is 0 Å². The number of anilines is 1. The molecule has 4 N–H and O–H groups in total. The molecule has 0 aromatic heterocycles. The van der Waals surface area contributed by atoms with Crippen LogP contribution in [0.4, 0.5) is 5.69 Å². The summed E-state index contributed by atoms with van der Waals surface area (Å²) >= 11 is 6.16. The molecule has 3 aliphatic rings. The highest BCUT2D eigenvalue weighted by Crippen LogP contribution is 2.54. The summed E-state index contributed by atoms with van der Waals surface area (Å²) in [7, 11) is 0. The summed E-state index contributed by atoms with van der Waals surface area (Å²) in [5.74, 6) is -3.63. The Morgan fingerprint density at radius 1 is 1.32 bits per heavy atom. The largest absolute Gasteiger partial charge is 0.370 e. The van der Waals surface area contributed by atoms with Crippen LogP contribution in [0.25, 0.3) is 0 Å². The number of amides is 4. The summed E-state index contributed by atoms with van der Waals surface area (Å²) < 4.78 is 0. The molecule has 0 aliphatic carbocycles. The quantitative estimate of drug-likeness (QED) is 0.639. The highest BCUT2D eigenvalue weighted by atomic mass is 35.5. The van der Waals surface area contributed by atoms with Crippen LogP contribution in [0.15, 0.2) is 18.2 Å². The van der Waals surface area contributed by atoms with Crippen molar-refractivity contribution in [1.29, 1.82) is 0 Å². The number of nitrogens with two attached hydrogens (primary N) is 1. The summed E-state index contributed by atoms with van der Waals surface area (Å²) in [6.45, 7) is 3.67. The summed E-state index contributed by atoms with van der Waals surface area (Å²) in [6.07, 6.45) is 0.436. The Bertz CT molecular complexity index is 919. The highest BCUT2D eigenvalue weighted by Gasteiger charge is 2.70. The number of fused-ring (bicyclic) bond motifs is 4. The molecule has 4 amide bonds. The van der Waals surface area contributed by atoms with Crippen molar-refractivity contribution in [2.75, 3.05) is 5.32 Å². The van der Waals surface area contributed by atoms with Crippen LogP contribution in [-0.4, -0.2) is 40.6 Å². The van der Waals surface area contributed by atoms with Gasteiger partial charge in [-0.2, -0.15) is 0 Å². The number of carbonyl (C=O) groups excluding carboxylic acids is 4. The van der Waals surface area contributed by atoms with Crippen LogP contribution in [0.3, 0.4) is 0 Å². The number of rotatable bonds is 4. The third kappa shape index (κ3) is 2.34. The second kappa shape index (κ2) is 6.28. The number of primary amides is 1. The molecule has 1 spiro atoms. The van der Waals surface area contributed by atoms with E-state index >= 15 is 0 Å². The van der Waals surface area contributed by atoms with Crippen molar-refractivity contribution in [3.63, 3.8) is 0 Å². The zero-order valence-electron chi connectivity index (χ0n) is 15.5. The predicted molar refractivity (Wildman–Crippen MR) is 101 cm³/mol. The van der Waals surface area contributed by atoms with Crippen LogP contribution in [-0.2, 0) is 24.7 Å². The normalized spacial score (nSPS) is 31.9. The van der Waals surface area contributed by atoms with Crippen molar-refractivity contribution in [2.45, 2.75) is 44.3 Å². The van der Waals surface area contributed by atoms with Crippen molar-refractivity contribution in [3.05, 3.63) is 28.8 Å². The van der Waals surface area contributed by atoms with E-state index in [0.29, 0.717) is 22.7 Å². The van der Waals surface area contributed by atoms with E-state index in [1.165, 1.54) is 4.90 Å². The van der Waals surface area contributed by atoms with Crippen molar-refractivity contribution < 1.29 is 19.2 Å². The summed E-state index contributed by atoms with van der Waals surface area (Å²) in [5, 5.41) is 6.31. The second-order valence-electron chi connectivity index (χ2n) is 7.68. The van der Waals surface area contributed by atoms with Crippen LogP contribution in [0, 0.1) is 11.8 Å². The van der Waals surface area contributed by atoms with Crippen molar-refractivity contribution >= 4 is 40.9 Å². The molecule has 0 unspecified atom stereocenters. The lowest BCUT2D eigenvalue weighted by molar-refractivity contribution is -0.145. The van der Waals surface area contributed by atoms with E-state index in [4.69, 9.17) is 17.3 Å². The van der Waals surface area contributed by atoms with Gasteiger partial charge in [0, 0.05) is 34.8 Å². The van der Waals surface area contributed by atoms with Gasteiger partial charge in [0.2, 0.25) is 23.6 Å². The van der Waals surface area contributed by atoms with E-state index in [1.807, 2.05) is 6.92 Å². The first-order valence-corrected chi connectivity index (χ1v) is 9.64. The molecule has 28 heavy (non-hydrogen) atoms. The van der Waals surface area contributed by atoms with Gasteiger partial charge in [0.25, 0.3) is 0 Å². The Morgan fingerprint density at radius 2 is 2.04 bits per heavy atom. The van der Waals surface area contributed by atoms with E-state index in [-0.39, 0.29) is 18.4 Å². The molecule has 0 saturated carbocycles. The number of hydrogen-bond donors (Lipinski definition) is 3. The van der Waals surface area contributed by atoms with Gasteiger partial charge < -0.3 is 11.1 Å². The fourth-order valence-corrected chi connectivity index (χ4v) is 4.98. The first kappa shape index (κ1) is 18.9. The zero-order chi connectivity index (χ0) is 20.4. The molecule has 5 atom stereocenters. The molecule has 0 radical (unpaired) electrons. The molecule has 8 nitrogen and oxygen atoms in total. The van der Waals surface area contributed by atoms with Gasteiger partial charge in [-0.05, 0) is 31.5 Å². The summed E-state index contributed by atoms with van der Waals surface area (Å²) in [6, 6.07) is 3.90. The van der Waals surface area contributed by atoms with Crippen LogP contribution in [0.2, 0.25) is 5.02 Å². The van der Waals surface area contributed by atoms with Gasteiger partial charge in [0.05, 0.1) is 11.8 Å². The summed E-state index contributed by atoms with van der Waals surface area (Å²) in [4.78, 5) is 52.5. The third-order valence-electron chi connectivity index (χ3n) is 6.16. The number of carbonyl (C=O) groups is 4. The average molecular weight is 405 g/mol. The lowest BCUT2D eigenvalue weighted by atomic mass is 9.76. The van der Waals surface area contributed by atoms with Crippen LogP contribution in [0.5, 0.6) is 0 Å². The number of imide groups is 1. The van der Waals surface area contributed by atoms with Gasteiger partial charge >= 0.3 is 0 Å². The molecule has 148 valence electrons. The molecule has 1 aromatic rings. The minimum Gasteiger partial charge on any atom is -0.370 e. The van der Waals surface area contributed by atoms with Gasteiger partial charge in [-0.3, -0.25) is 29.4 Å². The number of hydrogen-bond acceptors (Lipinski definition) is 5. The zero-order valence-corrected chi connectivity index (χ0v) is 16.2. The third-order valence-corrected chi connectivity index (χ3v) is 6.40. The number of nitrogens with one attached hydrogen (secondary N) is 2. The van der Waals surface area contributed by atoms with Crippen LogP contribution >= 0.6 is 11.6 Å². The molecular formula is C19H21ClN4O4. The standard InChI is InChI=1S/C19H21ClN4O4/c1-3-8(2)24-16(26)14-12(7-13(21)25)23-19(15(14)17(24)27)10-6-9(20)4-5-11(10)22-18(19)28/h4-6,8,12,14-15,23H,3,7H2,1-2H3,(H2,21,25)(H,22,28)/t8-,12-,14-,15+,19-/m1/s1. The Labute approximate surface area is 166 Å². The fraction of sp³-hybridized carbons (Fsp3) is 0.474. The number of benzene rings is 1. The summed E-state index contributed by atoms with van der Waals surface area (Å²) in [5.41, 5.74) is 4.97. The molecule has 9 heteroatoms. The van der Waals surface area contributed by atoms with Gasteiger partial charge in [0.1, 0.15) is 5.54 Å². The Balaban J connectivity index is 1.90. The maximum atomic E-state index is 13.4. The maximum Gasteiger partial charge on any atom is 0.250 e. The molecule has 1 aromatic carbocycles. The molecule has 4 rings (SSSR count). The van der Waals surface area contributed by atoms with E-state index in [9.17, 15) is 19.2 Å². The minimum absolute atomic E-state index is 0.153. The molecular weight excluding hydrogens is 384 g/mol. The van der Waals surface area contributed by atoms with E-state index in [2.05, 4.69) is 10.6 Å². The SMILES string of the molecule is CC[C@@H](C)N1C(=O)[C@H]2[C@@H](C1=O)[C@@]1(N[C@@H]2CC(N)=O)C(=O)Nc2ccc(Cl)cc21. The number of halogens is 1. The van der Waals surface area contributed by atoms with Gasteiger partial charge in [-0.25, -0.2) is 0 Å². The predicted octanol–water partition coefficient (Wildman–Crippen LogP) is 0.734. The second-order valence-corrected chi connectivity index (χ2v) is 8.12. The Morgan fingerprint density at radius 3 is 2.68 bits per heavy atom. The maximum absolute atomic E-state index is 13.4. The van der Waals surface area contributed by atoms with Crippen molar-refractivity contribution in [3.8, 4) is 0 Å². The molecule has 2 fully saturated rings. The van der Waals surface area contributed by atoms with Crippen molar-refractivity contribution in [2.24, 2.45) is 17.6 Å². The monoisotopic (exact) mass is 404 g/mol. The highest BCUT2D eigenvalue weighted by molar-refractivity contribution is 6.31. The van der Waals surface area contributed by atoms with Crippen molar-refractivity contribution in [1.82, 2.24) is 10.2 Å². The topological polar surface area (TPSA) is 122 Å². The van der Waals surface area contributed by atoms with Crippen LogP contribution < -0.4 is 16.4 Å². The molecule has 3 aliphatic heterocycles. The molecule has 0 bridgehead atoms. The number of nitrogens with zero attached hydrogens (tertiary/aromatic N) is 1. The minimum atomic E-state index is -1.46. The van der Waals surface area contributed by atoms with Gasteiger partial charge in [0.15, 0.2) is 0 Å². The van der Waals surface area contributed by atoms with Crippen LogP contribution in [0.1, 0.15) is 32.3 Å². The first-order chi connectivity index (χ1) is 13.2. The first-order valence-electron chi connectivity index (χ1n) is 9.26. The Kier molecular flexibility index (Phi) is 4.24. The lowest BCUT2D eigenvalue weighted by Crippen LogP contribution is -2.54. The molecule has 3 heterocycles. The smallest absolute Gasteiger partial charge is 0.250 e. The van der Waals surface area contributed by atoms with E-state index in [1.54, 1.807) is 25.1 Å². The van der Waals surface area contributed by atoms with Gasteiger partial charge in [-0.1, -0.05) is 18.5 Å². The molecule has 2 saturated heterocycles.